The summed E-state index contributed by atoms with van der Waals surface area (Å²) >= 11 is 7.39. The maximum absolute atomic E-state index is 13.0. The summed E-state index contributed by atoms with van der Waals surface area (Å²) in [4.78, 5) is 2.16. The Balaban J connectivity index is 1.72. The van der Waals surface area contributed by atoms with Gasteiger partial charge in [0.2, 0.25) is 0 Å². The van der Waals surface area contributed by atoms with E-state index in [1.54, 1.807) is 19.2 Å². The highest BCUT2D eigenvalue weighted by Crippen LogP contribution is 2.38. The van der Waals surface area contributed by atoms with Crippen molar-refractivity contribution in [3.8, 4) is 5.75 Å². The van der Waals surface area contributed by atoms with E-state index < -0.39 is 0 Å². The summed E-state index contributed by atoms with van der Waals surface area (Å²) in [6.45, 7) is 0.883. The van der Waals surface area contributed by atoms with Crippen LogP contribution in [0, 0.1) is 5.82 Å². The van der Waals surface area contributed by atoms with Crippen molar-refractivity contribution in [2.75, 3.05) is 24.7 Å². The van der Waals surface area contributed by atoms with Gasteiger partial charge in [-0.25, -0.2) is 4.39 Å². The Bertz CT molecular complexity index is 676. The number of nitrogens with one attached hydrogen (secondary N) is 1. The second kappa shape index (κ2) is 7.19. The minimum atomic E-state index is -0.255. The number of ether oxygens (including phenoxy) is 1. The van der Waals surface area contributed by atoms with Gasteiger partial charge in [-0.05, 0) is 54.2 Å². The van der Waals surface area contributed by atoms with Crippen molar-refractivity contribution in [2.45, 2.75) is 5.37 Å². The highest BCUT2D eigenvalue weighted by atomic mass is 32.2. The maximum atomic E-state index is 13.0. The van der Waals surface area contributed by atoms with E-state index in [0.29, 0.717) is 5.11 Å². The molecular weight excluding hydrogens is 331 g/mol. The van der Waals surface area contributed by atoms with Gasteiger partial charge >= 0.3 is 0 Å². The molecule has 0 aromatic heterocycles. The third kappa shape index (κ3) is 3.76. The highest BCUT2D eigenvalue weighted by Gasteiger charge is 2.28. The lowest BCUT2D eigenvalue weighted by atomic mass is 10.2. The maximum Gasteiger partial charge on any atom is 0.174 e. The zero-order valence-electron chi connectivity index (χ0n) is 12.7. The van der Waals surface area contributed by atoms with Gasteiger partial charge < -0.3 is 15.0 Å². The minimum Gasteiger partial charge on any atom is -0.497 e. The molecule has 3 rings (SSSR count). The quantitative estimate of drug-likeness (QED) is 0.835. The van der Waals surface area contributed by atoms with E-state index in [9.17, 15) is 4.39 Å². The fourth-order valence-electron chi connectivity index (χ4n) is 2.45. The zero-order valence-corrected chi connectivity index (χ0v) is 14.3. The Kier molecular flexibility index (Phi) is 5.03. The van der Waals surface area contributed by atoms with Crippen molar-refractivity contribution in [3.05, 3.63) is 59.9 Å². The van der Waals surface area contributed by atoms with Crippen LogP contribution in [0.1, 0.15) is 10.9 Å². The van der Waals surface area contributed by atoms with Crippen molar-refractivity contribution >= 4 is 34.8 Å². The number of anilines is 1. The molecule has 0 amide bonds. The zero-order chi connectivity index (χ0) is 16.2. The molecule has 1 fully saturated rings. The van der Waals surface area contributed by atoms with E-state index in [1.807, 2.05) is 23.9 Å². The third-order valence-corrected chi connectivity index (χ3v) is 5.25. The van der Waals surface area contributed by atoms with Crippen LogP contribution in [0.25, 0.3) is 0 Å². The van der Waals surface area contributed by atoms with Crippen LogP contribution < -0.4 is 10.1 Å². The molecule has 1 N–H and O–H groups in total. The van der Waals surface area contributed by atoms with Crippen LogP contribution in [0.5, 0.6) is 5.75 Å². The van der Waals surface area contributed by atoms with Gasteiger partial charge in [0.05, 0.1) is 7.11 Å². The van der Waals surface area contributed by atoms with Gasteiger partial charge in [0.15, 0.2) is 5.11 Å². The lowest BCUT2D eigenvalue weighted by Crippen LogP contribution is -2.34. The van der Waals surface area contributed by atoms with E-state index in [-0.39, 0.29) is 11.2 Å². The second-order valence-corrected chi connectivity index (χ2v) is 6.70. The molecule has 0 saturated carbocycles. The predicted molar refractivity (Wildman–Crippen MR) is 97.5 cm³/mol. The lowest BCUT2D eigenvalue weighted by molar-refractivity contribution is 0.413. The predicted octanol–water partition coefficient (Wildman–Crippen LogP) is 4.28. The van der Waals surface area contributed by atoms with E-state index in [0.717, 1.165) is 23.7 Å². The number of hydrogen-bond acceptors (Lipinski definition) is 3. The number of halogens is 1. The fourth-order valence-corrected chi connectivity index (χ4v) is 4.10. The molecule has 0 aliphatic carbocycles. The Morgan fingerprint density at radius 3 is 2.57 bits per heavy atom. The molecule has 6 heteroatoms. The van der Waals surface area contributed by atoms with Gasteiger partial charge in [0.25, 0.3) is 0 Å². The standard InChI is InChI=1S/C17H17FN2OS2/c1-21-15-8-2-12(3-9-15)16-20(10-11-23-16)17(22)19-14-6-4-13(18)5-7-14/h2-9,16H,10-11H2,1H3,(H,19,22)/t16-/m1/s1. The average molecular weight is 348 g/mol. The molecule has 0 radical (unpaired) electrons. The molecule has 120 valence electrons. The minimum absolute atomic E-state index is 0.182. The lowest BCUT2D eigenvalue weighted by Gasteiger charge is -2.27. The smallest absolute Gasteiger partial charge is 0.174 e. The first-order valence-corrected chi connectivity index (χ1v) is 8.72. The summed E-state index contributed by atoms with van der Waals surface area (Å²) in [5.74, 6) is 1.60. The summed E-state index contributed by atoms with van der Waals surface area (Å²) in [5.41, 5.74) is 1.98. The first kappa shape index (κ1) is 16.1. The number of nitrogens with zero attached hydrogens (tertiary/aromatic N) is 1. The fraction of sp³-hybridized carbons (Fsp3) is 0.235. The Morgan fingerprint density at radius 1 is 1.22 bits per heavy atom. The van der Waals surface area contributed by atoms with Gasteiger partial charge in [-0.3, -0.25) is 0 Å². The van der Waals surface area contributed by atoms with Crippen molar-refractivity contribution < 1.29 is 9.13 Å². The van der Waals surface area contributed by atoms with Gasteiger partial charge in [0, 0.05) is 18.0 Å². The SMILES string of the molecule is COc1ccc([C@H]2SCCN2C(=S)Nc2ccc(F)cc2)cc1. The normalized spacial score (nSPS) is 17.1. The number of thioether (sulfide) groups is 1. The Hall–Kier alpha value is -1.79. The van der Waals surface area contributed by atoms with Gasteiger partial charge in [-0.1, -0.05) is 12.1 Å². The van der Waals surface area contributed by atoms with Crippen LogP contribution in [0.2, 0.25) is 0 Å². The largest absolute Gasteiger partial charge is 0.497 e. The molecular formula is C17H17FN2OS2. The van der Waals surface area contributed by atoms with E-state index in [1.165, 1.54) is 17.7 Å². The Labute approximate surface area is 144 Å². The van der Waals surface area contributed by atoms with Gasteiger partial charge in [-0.15, -0.1) is 11.8 Å². The average Bonchev–Trinajstić information content (AvgIpc) is 3.07. The van der Waals surface area contributed by atoms with Crippen LogP contribution >= 0.6 is 24.0 Å². The highest BCUT2D eigenvalue weighted by molar-refractivity contribution is 7.99. The van der Waals surface area contributed by atoms with Crippen molar-refractivity contribution in [1.82, 2.24) is 4.90 Å². The van der Waals surface area contributed by atoms with Gasteiger partial charge in [0.1, 0.15) is 16.9 Å². The third-order valence-electron chi connectivity index (χ3n) is 3.65. The molecule has 1 aliphatic heterocycles. The topological polar surface area (TPSA) is 24.5 Å². The number of thiocarbonyl (C=S) groups is 1. The Morgan fingerprint density at radius 2 is 1.91 bits per heavy atom. The van der Waals surface area contributed by atoms with Crippen molar-refractivity contribution in [3.63, 3.8) is 0 Å². The first-order valence-electron chi connectivity index (χ1n) is 7.26. The molecule has 0 bridgehead atoms. The van der Waals surface area contributed by atoms with Crippen molar-refractivity contribution in [1.29, 1.82) is 0 Å². The van der Waals surface area contributed by atoms with Crippen LogP contribution in [-0.4, -0.2) is 29.4 Å². The molecule has 1 aliphatic rings. The first-order chi connectivity index (χ1) is 11.2. The van der Waals surface area contributed by atoms with Crippen LogP contribution in [0.15, 0.2) is 48.5 Å². The van der Waals surface area contributed by atoms with Crippen LogP contribution in [-0.2, 0) is 0 Å². The second-order valence-electron chi connectivity index (χ2n) is 5.13. The molecule has 1 atom stereocenters. The summed E-state index contributed by atoms with van der Waals surface area (Å²) in [6, 6.07) is 14.3. The number of rotatable bonds is 3. The number of hydrogen-bond donors (Lipinski definition) is 1. The molecule has 2 aromatic rings. The van der Waals surface area contributed by atoms with Crippen LogP contribution in [0.3, 0.4) is 0 Å². The van der Waals surface area contributed by atoms with E-state index in [4.69, 9.17) is 17.0 Å². The monoisotopic (exact) mass is 348 g/mol. The summed E-state index contributed by atoms with van der Waals surface area (Å²) in [5, 5.41) is 4.02. The summed E-state index contributed by atoms with van der Waals surface area (Å²) in [7, 11) is 1.66. The molecule has 23 heavy (non-hydrogen) atoms. The van der Waals surface area contributed by atoms with Gasteiger partial charge in [-0.2, -0.15) is 0 Å². The molecule has 2 aromatic carbocycles. The number of methoxy groups -OCH3 is 1. The van der Waals surface area contributed by atoms with Crippen molar-refractivity contribution in [2.24, 2.45) is 0 Å². The molecule has 0 unspecified atom stereocenters. The number of benzene rings is 2. The van der Waals surface area contributed by atoms with Crippen LogP contribution in [0.4, 0.5) is 10.1 Å². The molecule has 1 heterocycles. The molecule has 0 spiro atoms. The summed E-state index contributed by atoms with van der Waals surface area (Å²) in [6.07, 6.45) is 0. The van der Waals surface area contributed by atoms with E-state index >= 15 is 0 Å². The molecule has 1 saturated heterocycles. The summed E-state index contributed by atoms with van der Waals surface area (Å²) < 4.78 is 18.2. The van der Waals surface area contributed by atoms with E-state index in [2.05, 4.69) is 22.3 Å². The molecule has 3 nitrogen and oxygen atoms in total.